The molecule has 1 aliphatic heterocycles. The van der Waals surface area contributed by atoms with Crippen LogP contribution in [0.4, 0.5) is 8.78 Å². The van der Waals surface area contributed by atoms with Crippen LogP contribution in [0.15, 0.2) is 48.5 Å². The Morgan fingerprint density at radius 2 is 1.77 bits per heavy atom. The number of rotatable bonds is 7. The van der Waals surface area contributed by atoms with Crippen LogP contribution < -0.4 is 10.6 Å². The lowest BCUT2D eigenvalue weighted by Crippen LogP contribution is -2.57. The Hall–Kier alpha value is -3.60. The van der Waals surface area contributed by atoms with E-state index in [1.165, 1.54) is 22.6 Å². The quantitative estimate of drug-likeness (QED) is 0.238. The van der Waals surface area contributed by atoms with Gasteiger partial charge in [0.25, 0.3) is 5.91 Å². The molecule has 0 unspecified atom stereocenters. The van der Waals surface area contributed by atoms with Crippen LogP contribution in [0.5, 0.6) is 0 Å². The molecule has 0 radical (unpaired) electrons. The number of hydrogen-bond acceptors (Lipinski definition) is 4. The van der Waals surface area contributed by atoms with Crippen molar-refractivity contribution >= 4 is 36.2 Å². The standard InChI is InChI=1S/C31H37F2N4O6P/c1-30(2,3)26(36-27(38)24-17-19-16-20(13-14-22(19)34-24)31(32,33)44(41,42)43)29(40)37-15-7-12-25(37)28(39)35-23-11-6-9-18-8-4-5-10-21(18)23/h4-5,8,10,13-14,16-17,23,25-26,34H,6-7,9,11-12,15H2,1-3H3,(H,35,39)(H,36,38)(H2,41,42,43)/t23-,25+,26-/m1/s1. The van der Waals surface area contributed by atoms with Crippen molar-refractivity contribution in [3.63, 3.8) is 0 Å². The number of hydrogen-bond donors (Lipinski definition) is 5. The molecule has 2 aromatic carbocycles. The normalized spacial score (nSPS) is 19.8. The molecule has 3 aromatic rings. The van der Waals surface area contributed by atoms with Gasteiger partial charge in [-0.05, 0) is 66.8 Å². The van der Waals surface area contributed by atoms with Gasteiger partial charge in [0.15, 0.2) is 0 Å². The monoisotopic (exact) mass is 630 g/mol. The number of aryl methyl sites for hydroxylation is 1. The molecule has 0 spiro atoms. The summed E-state index contributed by atoms with van der Waals surface area (Å²) in [6.07, 6.45) is 3.86. The number of alkyl halides is 2. The highest BCUT2D eigenvalue weighted by atomic mass is 31.2. The lowest BCUT2D eigenvalue weighted by molar-refractivity contribution is -0.142. The van der Waals surface area contributed by atoms with Gasteiger partial charge in [0.2, 0.25) is 11.8 Å². The van der Waals surface area contributed by atoms with E-state index in [0.717, 1.165) is 37.0 Å². The van der Waals surface area contributed by atoms with Crippen LogP contribution in [0.3, 0.4) is 0 Å². The number of aromatic amines is 1. The molecule has 1 aromatic heterocycles. The van der Waals surface area contributed by atoms with E-state index in [9.17, 15) is 27.7 Å². The molecule has 44 heavy (non-hydrogen) atoms. The Morgan fingerprint density at radius 3 is 2.48 bits per heavy atom. The van der Waals surface area contributed by atoms with E-state index >= 15 is 0 Å². The fourth-order valence-electron chi connectivity index (χ4n) is 6.11. The predicted octanol–water partition coefficient (Wildman–Crippen LogP) is 4.72. The lowest BCUT2D eigenvalue weighted by Gasteiger charge is -2.36. The number of likely N-dealkylation sites (tertiary alicyclic amines) is 1. The highest BCUT2D eigenvalue weighted by Crippen LogP contribution is 2.59. The zero-order chi connectivity index (χ0) is 32.0. The second-order valence-electron chi connectivity index (χ2n) is 12.7. The molecule has 5 N–H and O–H groups in total. The van der Waals surface area contributed by atoms with Crippen molar-refractivity contribution in [1.29, 1.82) is 0 Å². The number of carbonyl (C=O) groups excluding carboxylic acids is 3. The minimum Gasteiger partial charge on any atom is -0.351 e. The van der Waals surface area contributed by atoms with E-state index in [4.69, 9.17) is 9.79 Å². The molecule has 1 saturated heterocycles. The molecule has 13 heteroatoms. The number of fused-ring (bicyclic) bond motifs is 2. The molecule has 236 valence electrons. The fraction of sp³-hybridized carbons (Fsp3) is 0.452. The van der Waals surface area contributed by atoms with Crippen molar-refractivity contribution in [3.05, 3.63) is 70.9 Å². The Balaban J connectivity index is 1.33. The van der Waals surface area contributed by atoms with Gasteiger partial charge < -0.3 is 30.3 Å². The molecule has 3 amide bonds. The van der Waals surface area contributed by atoms with Crippen LogP contribution in [-0.2, 0) is 26.2 Å². The average molecular weight is 631 g/mol. The van der Waals surface area contributed by atoms with Gasteiger partial charge in [-0.25, -0.2) is 0 Å². The number of halogens is 2. The number of aromatic nitrogens is 1. The van der Waals surface area contributed by atoms with Crippen LogP contribution >= 0.6 is 7.60 Å². The van der Waals surface area contributed by atoms with Gasteiger partial charge >= 0.3 is 13.3 Å². The smallest absolute Gasteiger partial charge is 0.351 e. The van der Waals surface area contributed by atoms with E-state index in [1.807, 2.05) is 18.2 Å². The lowest BCUT2D eigenvalue weighted by atomic mass is 9.85. The maximum Gasteiger partial charge on any atom is 0.399 e. The van der Waals surface area contributed by atoms with E-state index in [1.54, 1.807) is 20.8 Å². The van der Waals surface area contributed by atoms with Gasteiger partial charge in [0.1, 0.15) is 17.8 Å². The van der Waals surface area contributed by atoms with Gasteiger partial charge in [0.05, 0.1) is 6.04 Å². The van der Waals surface area contributed by atoms with Gasteiger partial charge in [-0.15, -0.1) is 0 Å². The summed E-state index contributed by atoms with van der Waals surface area (Å²) in [7, 11) is -5.77. The first-order valence-electron chi connectivity index (χ1n) is 14.6. The van der Waals surface area contributed by atoms with Crippen molar-refractivity contribution in [1.82, 2.24) is 20.5 Å². The summed E-state index contributed by atoms with van der Waals surface area (Å²) in [5.74, 6) is -1.29. The summed E-state index contributed by atoms with van der Waals surface area (Å²) in [6, 6.07) is 10.5. The number of nitrogens with one attached hydrogen (secondary N) is 3. The topological polar surface area (TPSA) is 152 Å². The van der Waals surface area contributed by atoms with Crippen molar-refractivity contribution in [3.8, 4) is 0 Å². The summed E-state index contributed by atoms with van der Waals surface area (Å²) >= 11 is 0. The van der Waals surface area contributed by atoms with Crippen molar-refractivity contribution in [2.24, 2.45) is 5.41 Å². The molecule has 0 bridgehead atoms. The van der Waals surface area contributed by atoms with Gasteiger partial charge in [-0.1, -0.05) is 51.1 Å². The molecular weight excluding hydrogens is 593 g/mol. The van der Waals surface area contributed by atoms with Gasteiger partial charge in [0, 0.05) is 23.0 Å². The molecule has 10 nitrogen and oxygen atoms in total. The van der Waals surface area contributed by atoms with Crippen LogP contribution in [0.1, 0.15) is 79.7 Å². The molecule has 1 aliphatic carbocycles. The molecule has 2 heterocycles. The minimum atomic E-state index is -5.77. The molecule has 5 rings (SSSR count). The van der Waals surface area contributed by atoms with Crippen molar-refractivity contribution < 1.29 is 37.5 Å². The number of H-pyrrole nitrogens is 1. The summed E-state index contributed by atoms with van der Waals surface area (Å²) in [4.78, 5) is 63.3. The fourth-order valence-corrected chi connectivity index (χ4v) is 6.58. The Labute approximate surface area is 253 Å². The second kappa shape index (κ2) is 11.7. The van der Waals surface area contributed by atoms with Crippen LogP contribution in [0, 0.1) is 5.41 Å². The van der Waals surface area contributed by atoms with Crippen LogP contribution in [0.2, 0.25) is 0 Å². The maximum atomic E-state index is 14.3. The van der Waals surface area contributed by atoms with Crippen molar-refractivity contribution in [2.45, 2.75) is 76.7 Å². The Morgan fingerprint density at radius 1 is 1.05 bits per heavy atom. The van der Waals surface area contributed by atoms with E-state index in [-0.39, 0.29) is 23.0 Å². The van der Waals surface area contributed by atoms with Crippen molar-refractivity contribution in [2.75, 3.05) is 6.54 Å². The summed E-state index contributed by atoms with van der Waals surface area (Å²) in [6.45, 7) is 5.74. The third kappa shape index (κ3) is 6.16. The van der Waals surface area contributed by atoms with Gasteiger partial charge in [-0.3, -0.25) is 18.9 Å². The van der Waals surface area contributed by atoms with Crippen LogP contribution in [-0.4, -0.2) is 56.0 Å². The molecule has 2 aliphatic rings. The summed E-state index contributed by atoms with van der Waals surface area (Å²) in [5.41, 5.74) is -3.46. The molecule has 0 saturated carbocycles. The van der Waals surface area contributed by atoms with Gasteiger partial charge in [-0.2, -0.15) is 8.78 Å². The maximum absolute atomic E-state index is 14.3. The molecular formula is C31H37F2N4O6P. The van der Waals surface area contributed by atoms with Crippen LogP contribution in [0.25, 0.3) is 10.9 Å². The number of benzene rings is 2. The number of amides is 3. The summed E-state index contributed by atoms with van der Waals surface area (Å²) in [5, 5.41) is 6.06. The molecule has 3 atom stereocenters. The number of carbonyl (C=O) groups is 3. The van der Waals surface area contributed by atoms with E-state index in [0.29, 0.717) is 24.9 Å². The predicted molar refractivity (Wildman–Crippen MR) is 160 cm³/mol. The van der Waals surface area contributed by atoms with E-state index in [2.05, 4.69) is 21.7 Å². The average Bonchev–Trinajstić information content (AvgIpc) is 3.62. The third-order valence-corrected chi connectivity index (χ3v) is 9.48. The Kier molecular flexibility index (Phi) is 8.48. The first-order valence-corrected chi connectivity index (χ1v) is 16.3. The first kappa shape index (κ1) is 31.8. The van der Waals surface area contributed by atoms with E-state index < -0.39 is 48.1 Å². The highest BCUT2D eigenvalue weighted by molar-refractivity contribution is 7.52. The minimum absolute atomic E-state index is 0.0228. The third-order valence-electron chi connectivity index (χ3n) is 8.49. The number of nitrogens with zero attached hydrogens (tertiary/aromatic N) is 1. The highest BCUT2D eigenvalue weighted by Gasteiger charge is 2.50. The second-order valence-corrected chi connectivity index (χ2v) is 14.3. The Bertz CT molecular complexity index is 1650. The molecule has 1 fully saturated rings. The SMILES string of the molecule is CC(C)(C)[C@H](NC(=O)c1cc2cc(C(F)(F)P(=O)(O)O)ccc2[nH]1)C(=O)N1CCC[C@H]1C(=O)N[C@@H]1CCCc2ccccc21. The largest absolute Gasteiger partial charge is 0.399 e. The zero-order valence-electron chi connectivity index (χ0n) is 24.8. The summed E-state index contributed by atoms with van der Waals surface area (Å²) < 4.78 is 39.8. The zero-order valence-corrected chi connectivity index (χ0v) is 25.7. The first-order chi connectivity index (χ1) is 20.6.